The smallest absolute Gasteiger partial charge is 0.272 e. The van der Waals surface area contributed by atoms with Gasteiger partial charge in [-0.2, -0.15) is 5.01 Å². The number of halogens is 2. The second kappa shape index (κ2) is 8.17. The van der Waals surface area contributed by atoms with Crippen LogP contribution in [0.25, 0.3) is 0 Å². The molecule has 7 heteroatoms. The van der Waals surface area contributed by atoms with Gasteiger partial charge in [-0.15, -0.1) is 0 Å². The number of carbonyl (C=O) groups excluding carboxylic acids is 3. The molecule has 29 heavy (non-hydrogen) atoms. The minimum Gasteiger partial charge on any atom is -0.272 e. The Morgan fingerprint density at radius 2 is 1.52 bits per heavy atom. The van der Waals surface area contributed by atoms with Crippen molar-refractivity contribution in [2.45, 2.75) is 32.2 Å². The lowest BCUT2D eigenvalue weighted by Gasteiger charge is -2.31. The number of rotatable bonds is 4. The third-order valence-electron chi connectivity index (χ3n) is 5.64. The number of fused-ring (bicyclic) bond motifs is 1. The van der Waals surface area contributed by atoms with Gasteiger partial charge in [0.2, 0.25) is 0 Å². The van der Waals surface area contributed by atoms with Crippen LogP contribution >= 0.6 is 23.2 Å². The quantitative estimate of drug-likeness (QED) is 0.658. The summed E-state index contributed by atoms with van der Waals surface area (Å²) in [6.07, 6.45) is 3.20. The summed E-state index contributed by atoms with van der Waals surface area (Å²) in [6.45, 7) is 0.0676. The Morgan fingerprint density at radius 1 is 0.931 bits per heavy atom. The van der Waals surface area contributed by atoms with Crippen molar-refractivity contribution in [3.05, 3.63) is 69.7 Å². The fourth-order valence-electron chi connectivity index (χ4n) is 4.15. The largest absolute Gasteiger partial charge is 0.274 e. The first-order valence-corrected chi connectivity index (χ1v) is 10.4. The summed E-state index contributed by atoms with van der Waals surface area (Å²) in [5.41, 5.74) is 1.00. The number of hydrogen-bond donors (Lipinski definition) is 0. The fourth-order valence-corrected chi connectivity index (χ4v) is 4.50. The average Bonchev–Trinajstić information content (AvgIpc) is 2.98. The van der Waals surface area contributed by atoms with Gasteiger partial charge in [-0.1, -0.05) is 60.3 Å². The van der Waals surface area contributed by atoms with Crippen molar-refractivity contribution in [2.75, 3.05) is 0 Å². The zero-order valence-electron chi connectivity index (χ0n) is 15.7. The summed E-state index contributed by atoms with van der Waals surface area (Å²) < 4.78 is 0. The van der Waals surface area contributed by atoms with E-state index in [9.17, 15) is 14.4 Å². The zero-order chi connectivity index (χ0) is 20.5. The van der Waals surface area contributed by atoms with Crippen LogP contribution in [-0.4, -0.2) is 27.7 Å². The van der Waals surface area contributed by atoms with Crippen LogP contribution in [0.5, 0.6) is 0 Å². The molecule has 0 N–H and O–H groups in total. The molecule has 1 saturated carbocycles. The molecule has 0 unspecified atom stereocenters. The molecule has 5 nitrogen and oxygen atoms in total. The maximum absolute atomic E-state index is 13.4. The van der Waals surface area contributed by atoms with Crippen LogP contribution in [0.2, 0.25) is 10.0 Å². The Hall–Kier alpha value is -2.37. The van der Waals surface area contributed by atoms with Gasteiger partial charge in [-0.05, 0) is 42.7 Å². The van der Waals surface area contributed by atoms with Crippen molar-refractivity contribution < 1.29 is 14.4 Å². The Morgan fingerprint density at radius 3 is 2.10 bits per heavy atom. The molecule has 3 amide bonds. The minimum absolute atomic E-state index is 0.0676. The van der Waals surface area contributed by atoms with Crippen molar-refractivity contribution in [1.82, 2.24) is 10.0 Å². The molecule has 150 valence electrons. The molecule has 1 aliphatic carbocycles. The van der Waals surface area contributed by atoms with Gasteiger partial charge in [0.15, 0.2) is 0 Å². The highest BCUT2D eigenvalue weighted by atomic mass is 35.5. The summed E-state index contributed by atoms with van der Waals surface area (Å²) in [7, 11) is 0. The van der Waals surface area contributed by atoms with Crippen LogP contribution in [0, 0.1) is 11.8 Å². The predicted octanol–water partition coefficient (Wildman–Crippen LogP) is 4.73. The van der Waals surface area contributed by atoms with E-state index < -0.39 is 5.91 Å². The Kier molecular flexibility index (Phi) is 5.61. The van der Waals surface area contributed by atoms with E-state index in [0.717, 1.165) is 23.4 Å². The number of hydrazine groups is 1. The molecule has 1 saturated heterocycles. The van der Waals surface area contributed by atoms with E-state index in [1.165, 1.54) is 5.01 Å². The summed E-state index contributed by atoms with van der Waals surface area (Å²) in [6, 6.07) is 13.6. The van der Waals surface area contributed by atoms with E-state index in [1.54, 1.807) is 48.5 Å². The number of hydrogen-bond acceptors (Lipinski definition) is 3. The van der Waals surface area contributed by atoms with Gasteiger partial charge in [-0.25, -0.2) is 5.01 Å². The van der Waals surface area contributed by atoms with Crippen LogP contribution in [0.1, 0.15) is 41.6 Å². The molecule has 2 fully saturated rings. The molecule has 0 aromatic heterocycles. The molecule has 0 radical (unpaired) electrons. The molecule has 0 bridgehead atoms. The highest BCUT2D eigenvalue weighted by Crippen LogP contribution is 2.39. The molecule has 0 spiro atoms. The molecule has 4 rings (SSSR count). The number of imide groups is 1. The van der Waals surface area contributed by atoms with Gasteiger partial charge >= 0.3 is 0 Å². The molecular weight excluding hydrogens is 411 g/mol. The Labute approximate surface area is 179 Å². The van der Waals surface area contributed by atoms with Gasteiger partial charge in [-0.3, -0.25) is 14.4 Å². The van der Waals surface area contributed by atoms with Crippen LogP contribution in [0.3, 0.4) is 0 Å². The lowest BCUT2D eigenvalue weighted by Crippen LogP contribution is -2.49. The number of nitrogens with zero attached hydrogens (tertiary/aromatic N) is 2. The fraction of sp³-hybridized carbons (Fsp3) is 0.318. The van der Waals surface area contributed by atoms with Crippen molar-refractivity contribution in [3.63, 3.8) is 0 Å². The van der Waals surface area contributed by atoms with Crippen LogP contribution in [-0.2, 0) is 16.1 Å². The van der Waals surface area contributed by atoms with Gasteiger partial charge in [0, 0.05) is 5.02 Å². The lowest BCUT2D eigenvalue weighted by molar-refractivity contribution is -0.155. The van der Waals surface area contributed by atoms with Gasteiger partial charge in [0.1, 0.15) is 0 Å². The van der Waals surface area contributed by atoms with E-state index in [-0.39, 0.29) is 40.8 Å². The summed E-state index contributed by atoms with van der Waals surface area (Å²) >= 11 is 12.2. The maximum Gasteiger partial charge on any atom is 0.274 e. The van der Waals surface area contributed by atoms with E-state index in [2.05, 4.69) is 0 Å². The van der Waals surface area contributed by atoms with E-state index in [4.69, 9.17) is 23.2 Å². The van der Waals surface area contributed by atoms with Crippen molar-refractivity contribution in [2.24, 2.45) is 11.8 Å². The summed E-state index contributed by atoms with van der Waals surface area (Å²) in [5, 5.41) is 3.13. The lowest BCUT2D eigenvalue weighted by atomic mass is 9.81. The monoisotopic (exact) mass is 430 g/mol. The molecule has 2 aliphatic rings. The Balaban J connectivity index is 1.72. The van der Waals surface area contributed by atoms with Crippen molar-refractivity contribution in [1.29, 1.82) is 0 Å². The van der Waals surface area contributed by atoms with Crippen LogP contribution < -0.4 is 0 Å². The predicted molar refractivity (Wildman–Crippen MR) is 110 cm³/mol. The average molecular weight is 431 g/mol. The first kappa shape index (κ1) is 19.9. The molecule has 2 aromatic carbocycles. The number of carbonyl (C=O) groups is 3. The SMILES string of the molecule is O=C(c1ccccc1Cl)N(Cc1ccc(Cl)cc1)N1C(=O)[C@@H]2CCCC[C@H]2C1=O. The van der Waals surface area contributed by atoms with Gasteiger partial charge in [0.05, 0.1) is 29.0 Å². The maximum atomic E-state index is 13.4. The van der Waals surface area contributed by atoms with Crippen LogP contribution in [0.15, 0.2) is 48.5 Å². The highest BCUT2D eigenvalue weighted by Gasteiger charge is 2.51. The first-order chi connectivity index (χ1) is 14.0. The molecule has 1 heterocycles. The number of amides is 3. The topological polar surface area (TPSA) is 57.7 Å². The third kappa shape index (κ3) is 3.77. The third-order valence-corrected chi connectivity index (χ3v) is 6.23. The summed E-state index contributed by atoms with van der Waals surface area (Å²) in [5.74, 6) is -1.76. The van der Waals surface area contributed by atoms with Gasteiger partial charge in [0.25, 0.3) is 17.7 Å². The number of benzene rings is 2. The van der Waals surface area contributed by atoms with E-state index in [0.29, 0.717) is 17.9 Å². The second-order valence-corrected chi connectivity index (χ2v) is 8.30. The highest BCUT2D eigenvalue weighted by molar-refractivity contribution is 6.33. The molecule has 2 atom stereocenters. The standard InChI is InChI=1S/C22H20Cl2N2O3/c23-15-11-9-14(10-12-15)13-25(20(27)18-7-3-4-8-19(18)24)26-21(28)16-5-1-2-6-17(16)22(26)29/h3-4,7-12,16-17H,1-2,5-6,13H2/t16-,17-/m1/s1. The summed E-state index contributed by atoms with van der Waals surface area (Å²) in [4.78, 5) is 39.6. The zero-order valence-corrected chi connectivity index (χ0v) is 17.2. The minimum atomic E-state index is -0.481. The Bertz CT molecular complexity index is 937. The van der Waals surface area contributed by atoms with Crippen molar-refractivity contribution in [3.8, 4) is 0 Å². The van der Waals surface area contributed by atoms with Gasteiger partial charge < -0.3 is 0 Å². The molecular formula is C22H20Cl2N2O3. The van der Waals surface area contributed by atoms with E-state index >= 15 is 0 Å². The second-order valence-electron chi connectivity index (χ2n) is 7.45. The normalized spacial score (nSPS) is 21.2. The van der Waals surface area contributed by atoms with Crippen molar-refractivity contribution >= 4 is 40.9 Å². The van der Waals surface area contributed by atoms with Crippen LogP contribution in [0.4, 0.5) is 0 Å². The van der Waals surface area contributed by atoms with E-state index in [1.807, 2.05) is 0 Å². The molecule has 2 aromatic rings. The molecule has 1 aliphatic heterocycles. The first-order valence-electron chi connectivity index (χ1n) is 9.66.